The van der Waals surface area contributed by atoms with Crippen LogP contribution < -0.4 is 15.0 Å². The molecule has 3 aromatic rings. The van der Waals surface area contributed by atoms with E-state index in [0.717, 1.165) is 26.1 Å². The fourth-order valence-corrected chi connectivity index (χ4v) is 4.00. The summed E-state index contributed by atoms with van der Waals surface area (Å²) in [5, 5.41) is 2.89. The van der Waals surface area contributed by atoms with Crippen molar-refractivity contribution in [3.63, 3.8) is 0 Å². The van der Waals surface area contributed by atoms with Crippen molar-refractivity contribution in [3.8, 4) is 5.75 Å². The van der Waals surface area contributed by atoms with Crippen LogP contribution in [-0.4, -0.2) is 17.8 Å². The third-order valence-corrected chi connectivity index (χ3v) is 6.03. The predicted octanol–water partition coefficient (Wildman–Crippen LogP) is 5.96. The number of carbonyl (C=O) groups excluding carboxylic acids is 3. The van der Waals surface area contributed by atoms with E-state index in [-0.39, 0.29) is 12.2 Å². The fourth-order valence-electron chi connectivity index (χ4n) is 3.50. The van der Waals surface area contributed by atoms with Gasteiger partial charge in [0.05, 0.1) is 5.69 Å². The van der Waals surface area contributed by atoms with Crippen LogP contribution in [0.1, 0.15) is 22.3 Å². The number of urea groups is 1. The number of rotatable bonds is 5. The number of barbiturate groups is 1. The zero-order valence-corrected chi connectivity index (χ0v) is 20.7. The van der Waals surface area contributed by atoms with Crippen molar-refractivity contribution in [2.75, 3.05) is 4.90 Å². The lowest BCUT2D eigenvalue weighted by molar-refractivity contribution is -0.122. The minimum Gasteiger partial charge on any atom is -0.488 e. The van der Waals surface area contributed by atoms with Crippen molar-refractivity contribution in [1.82, 2.24) is 5.32 Å². The van der Waals surface area contributed by atoms with Gasteiger partial charge in [0, 0.05) is 15.1 Å². The summed E-state index contributed by atoms with van der Waals surface area (Å²) < 4.78 is 6.71. The lowest BCUT2D eigenvalue weighted by Crippen LogP contribution is -2.54. The lowest BCUT2D eigenvalue weighted by Gasteiger charge is -2.28. The number of carbonyl (C=O) groups is 3. The summed E-state index contributed by atoms with van der Waals surface area (Å²) in [4.78, 5) is 39.5. The van der Waals surface area contributed by atoms with E-state index >= 15 is 0 Å². The van der Waals surface area contributed by atoms with Crippen LogP contribution in [0.15, 0.2) is 70.7 Å². The van der Waals surface area contributed by atoms with E-state index in [0.29, 0.717) is 22.0 Å². The molecule has 3 aromatic carbocycles. The van der Waals surface area contributed by atoms with Gasteiger partial charge in [0.25, 0.3) is 11.8 Å². The van der Waals surface area contributed by atoms with E-state index in [9.17, 15) is 14.4 Å². The Balaban J connectivity index is 1.69. The number of benzene rings is 3. The van der Waals surface area contributed by atoms with Crippen LogP contribution >= 0.6 is 27.5 Å². The number of ether oxygens (including phenoxy) is 1. The smallest absolute Gasteiger partial charge is 0.335 e. The van der Waals surface area contributed by atoms with Gasteiger partial charge in [0.1, 0.15) is 17.9 Å². The van der Waals surface area contributed by atoms with Crippen molar-refractivity contribution in [2.45, 2.75) is 20.5 Å². The Morgan fingerprint density at radius 1 is 1.00 bits per heavy atom. The van der Waals surface area contributed by atoms with Crippen molar-refractivity contribution in [2.24, 2.45) is 0 Å². The number of hydrogen-bond donors (Lipinski definition) is 1. The topological polar surface area (TPSA) is 75.7 Å². The molecule has 0 saturated carbocycles. The second kappa shape index (κ2) is 9.83. The molecule has 6 nitrogen and oxygen atoms in total. The highest BCUT2D eigenvalue weighted by molar-refractivity contribution is 9.10. The molecule has 0 unspecified atom stereocenters. The van der Waals surface area contributed by atoms with E-state index in [1.807, 2.05) is 31.2 Å². The standard InChI is InChI=1S/C26H20BrClN2O4/c1-15-3-4-16(2)22(11-15)30-25(32)21(24(31)29-26(30)33)13-18-12-19(27)7-10-23(18)34-14-17-5-8-20(28)9-6-17/h3-13H,14H2,1-2H3,(H,29,31,33)/b21-13+. The molecule has 1 aliphatic heterocycles. The molecule has 0 atom stereocenters. The van der Waals surface area contributed by atoms with Gasteiger partial charge >= 0.3 is 6.03 Å². The Labute approximate surface area is 210 Å². The van der Waals surface area contributed by atoms with Gasteiger partial charge in [0.15, 0.2) is 0 Å². The maximum absolute atomic E-state index is 13.3. The third-order valence-electron chi connectivity index (χ3n) is 5.29. The van der Waals surface area contributed by atoms with Crippen molar-refractivity contribution >= 4 is 57.1 Å². The van der Waals surface area contributed by atoms with Crippen LogP contribution in [0.4, 0.5) is 10.5 Å². The van der Waals surface area contributed by atoms with Crippen LogP contribution in [-0.2, 0) is 16.2 Å². The normalized spacial score (nSPS) is 15.0. The average Bonchev–Trinajstić information content (AvgIpc) is 2.79. The Hall–Kier alpha value is -3.42. The van der Waals surface area contributed by atoms with E-state index in [2.05, 4.69) is 21.2 Å². The van der Waals surface area contributed by atoms with Crippen LogP contribution in [0.5, 0.6) is 5.75 Å². The van der Waals surface area contributed by atoms with E-state index in [1.165, 1.54) is 6.08 Å². The Morgan fingerprint density at radius 3 is 2.47 bits per heavy atom. The summed E-state index contributed by atoms with van der Waals surface area (Å²) in [5.41, 5.74) is 3.29. The maximum Gasteiger partial charge on any atom is 0.335 e. The molecule has 0 aliphatic carbocycles. The summed E-state index contributed by atoms with van der Waals surface area (Å²) in [6.45, 7) is 3.93. The SMILES string of the molecule is Cc1ccc(C)c(N2C(=O)NC(=O)/C(=C\c3cc(Br)ccc3OCc3ccc(Cl)cc3)C2=O)c1. The predicted molar refractivity (Wildman–Crippen MR) is 135 cm³/mol. The van der Waals surface area contributed by atoms with E-state index in [4.69, 9.17) is 16.3 Å². The van der Waals surface area contributed by atoms with Gasteiger partial charge in [-0.25, -0.2) is 9.69 Å². The first-order valence-electron chi connectivity index (χ1n) is 10.4. The van der Waals surface area contributed by atoms with Gasteiger partial charge in [-0.2, -0.15) is 0 Å². The van der Waals surface area contributed by atoms with Crippen molar-refractivity contribution in [1.29, 1.82) is 0 Å². The molecular weight excluding hydrogens is 520 g/mol. The molecule has 0 spiro atoms. The molecule has 4 rings (SSSR count). The number of aryl methyl sites for hydroxylation is 2. The zero-order chi connectivity index (χ0) is 24.4. The molecule has 8 heteroatoms. The molecule has 1 N–H and O–H groups in total. The summed E-state index contributed by atoms with van der Waals surface area (Å²) in [6, 6.07) is 17.2. The first-order valence-corrected chi connectivity index (χ1v) is 11.6. The summed E-state index contributed by atoms with van der Waals surface area (Å²) in [6.07, 6.45) is 1.43. The molecule has 0 aromatic heterocycles. The van der Waals surface area contributed by atoms with Crippen LogP contribution in [0.25, 0.3) is 6.08 Å². The number of nitrogens with one attached hydrogen (secondary N) is 1. The van der Waals surface area contributed by atoms with Crippen LogP contribution in [0.3, 0.4) is 0 Å². The molecule has 1 aliphatic rings. The van der Waals surface area contributed by atoms with Crippen LogP contribution in [0, 0.1) is 13.8 Å². The quantitative estimate of drug-likeness (QED) is 0.320. The highest BCUT2D eigenvalue weighted by atomic mass is 79.9. The maximum atomic E-state index is 13.3. The minimum absolute atomic E-state index is 0.171. The number of hydrogen-bond acceptors (Lipinski definition) is 4. The second-order valence-electron chi connectivity index (χ2n) is 7.85. The Bertz CT molecular complexity index is 1340. The number of imide groups is 2. The monoisotopic (exact) mass is 538 g/mol. The number of halogens is 2. The molecule has 0 bridgehead atoms. The highest BCUT2D eigenvalue weighted by Gasteiger charge is 2.37. The first kappa shape index (κ1) is 23.7. The molecule has 4 amide bonds. The van der Waals surface area contributed by atoms with Gasteiger partial charge in [-0.05, 0) is 73.0 Å². The van der Waals surface area contributed by atoms with Crippen LogP contribution in [0.2, 0.25) is 5.02 Å². The Kier molecular flexibility index (Phi) is 6.86. The second-order valence-corrected chi connectivity index (χ2v) is 9.20. The zero-order valence-electron chi connectivity index (χ0n) is 18.4. The molecule has 1 saturated heterocycles. The third kappa shape index (κ3) is 5.05. The molecular formula is C26H20BrClN2O4. The summed E-state index contributed by atoms with van der Waals surface area (Å²) >= 11 is 9.36. The van der Waals surface area contributed by atoms with Gasteiger partial charge in [0.2, 0.25) is 0 Å². The van der Waals surface area contributed by atoms with Gasteiger partial charge in [-0.1, -0.05) is 51.8 Å². The first-order chi connectivity index (χ1) is 16.2. The fraction of sp³-hybridized carbons (Fsp3) is 0.115. The number of anilines is 1. The van der Waals surface area contributed by atoms with Crippen molar-refractivity contribution < 1.29 is 19.1 Å². The minimum atomic E-state index is -0.783. The molecule has 172 valence electrons. The summed E-state index contributed by atoms with van der Waals surface area (Å²) in [7, 11) is 0. The molecule has 1 fully saturated rings. The van der Waals surface area contributed by atoms with Gasteiger partial charge in [-0.3, -0.25) is 14.9 Å². The lowest BCUT2D eigenvalue weighted by atomic mass is 10.0. The highest BCUT2D eigenvalue weighted by Crippen LogP contribution is 2.30. The van der Waals surface area contributed by atoms with Gasteiger partial charge < -0.3 is 4.74 Å². The number of nitrogens with zero attached hydrogens (tertiary/aromatic N) is 1. The largest absolute Gasteiger partial charge is 0.488 e. The molecule has 1 heterocycles. The Morgan fingerprint density at radius 2 is 1.74 bits per heavy atom. The molecule has 34 heavy (non-hydrogen) atoms. The summed E-state index contributed by atoms with van der Waals surface area (Å²) in [5.74, 6) is -0.993. The van der Waals surface area contributed by atoms with Crippen molar-refractivity contribution in [3.05, 3.63) is 98.0 Å². The number of amides is 4. The molecule has 0 radical (unpaired) electrons. The van der Waals surface area contributed by atoms with E-state index in [1.54, 1.807) is 43.3 Å². The average molecular weight is 540 g/mol. The van der Waals surface area contributed by atoms with Gasteiger partial charge in [-0.15, -0.1) is 0 Å². The van der Waals surface area contributed by atoms with E-state index < -0.39 is 17.8 Å².